The average Bonchev–Trinajstić information content (AvgIpc) is 3.58. The van der Waals surface area contributed by atoms with Crippen molar-refractivity contribution < 1.29 is 41.8 Å². The minimum atomic E-state index is -4.48. The SMILES string of the molecule is C[C@H](N[P@](=O)(Oc1ccccc1)[C@H](F)c1ccc2sc(C(=O)N[C@H]3CC[C@H](N(C)C4CC(F)C4)C[C@H]4CC[C@@H](C(=O)N5C[C@H](c6ccccc6)CC56CC6)N4C3=O)cc2c1)C(=O)OC1CCC1. The topological polar surface area (TPSA) is 138 Å². The van der Waals surface area contributed by atoms with Crippen molar-refractivity contribution in [2.24, 2.45) is 0 Å². The lowest BCUT2D eigenvalue weighted by molar-refractivity contribution is -0.154. The first kappa shape index (κ1) is 46.1. The van der Waals surface area contributed by atoms with E-state index in [-0.39, 0.29) is 58.8 Å². The number of hydrogen-bond donors (Lipinski definition) is 2. The fraction of sp³-hybridized carbons (Fsp3) is 0.529. The van der Waals surface area contributed by atoms with Gasteiger partial charge in [-0.1, -0.05) is 54.6 Å². The van der Waals surface area contributed by atoms with Crippen molar-refractivity contribution in [1.82, 2.24) is 25.1 Å². The number of esters is 1. The molecule has 67 heavy (non-hydrogen) atoms. The third-order valence-electron chi connectivity index (χ3n) is 15.5. The molecule has 4 aromatic rings. The summed E-state index contributed by atoms with van der Waals surface area (Å²) in [5.41, 5.74) is 1.06. The highest BCUT2D eigenvalue weighted by molar-refractivity contribution is 7.57. The Labute approximate surface area is 394 Å². The van der Waals surface area contributed by atoms with Crippen LogP contribution in [-0.2, 0) is 23.7 Å². The number of para-hydroxylation sites is 1. The molecule has 1 spiro atoms. The van der Waals surface area contributed by atoms with Gasteiger partial charge in [-0.05, 0) is 144 Å². The molecule has 356 valence electrons. The molecule has 6 fully saturated rings. The molecule has 0 radical (unpaired) electrons. The van der Waals surface area contributed by atoms with Gasteiger partial charge in [0.25, 0.3) is 5.91 Å². The van der Waals surface area contributed by atoms with Gasteiger partial charge < -0.3 is 29.3 Å². The van der Waals surface area contributed by atoms with E-state index < -0.39 is 49.6 Å². The Morgan fingerprint density at radius 2 is 1.64 bits per heavy atom. The van der Waals surface area contributed by atoms with Gasteiger partial charge in [0.15, 0.2) is 0 Å². The van der Waals surface area contributed by atoms with Gasteiger partial charge in [0.2, 0.25) is 17.7 Å². The molecular formula is C51H60F2N5O7PS. The zero-order valence-electron chi connectivity index (χ0n) is 38.1. The van der Waals surface area contributed by atoms with Crippen LogP contribution in [0.25, 0.3) is 10.1 Å². The van der Waals surface area contributed by atoms with Crippen molar-refractivity contribution in [3.8, 4) is 5.75 Å². The highest BCUT2D eigenvalue weighted by atomic mass is 32.1. The molecule has 3 aromatic carbocycles. The Morgan fingerprint density at radius 1 is 0.910 bits per heavy atom. The molecular weight excluding hydrogens is 896 g/mol. The third kappa shape index (κ3) is 9.30. The third-order valence-corrected chi connectivity index (χ3v) is 18.8. The second kappa shape index (κ2) is 18.7. The number of rotatable bonds is 14. The highest BCUT2D eigenvalue weighted by Gasteiger charge is 2.59. The molecule has 6 aliphatic rings. The van der Waals surface area contributed by atoms with Crippen LogP contribution in [0.15, 0.2) is 84.9 Å². The van der Waals surface area contributed by atoms with E-state index in [1.807, 2.05) is 25.2 Å². The van der Waals surface area contributed by atoms with Crippen LogP contribution in [0.2, 0.25) is 0 Å². The van der Waals surface area contributed by atoms with E-state index in [9.17, 15) is 28.1 Å². The van der Waals surface area contributed by atoms with Crippen LogP contribution in [0.3, 0.4) is 0 Å². The monoisotopic (exact) mass is 955 g/mol. The summed E-state index contributed by atoms with van der Waals surface area (Å²) in [5.74, 6) is -3.20. The van der Waals surface area contributed by atoms with E-state index in [1.54, 1.807) is 47.4 Å². The Balaban J connectivity index is 0.884. The summed E-state index contributed by atoms with van der Waals surface area (Å²) in [6.45, 7) is 2.08. The van der Waals surface area contributed by atoms with Crippen molar-refractivity contribution in [2.75, 3.05) is 13.6 Å². The number of likely N-dealkylation sites (tertiary alicyclic amines) is 1. The highest BCUT2D eigenvalue weighted by Crippen LogP contribution is 2.58. The maximum absolute atomic E-state index is 16.8. The second-order valence-corrected chi connectivity index (χ2v) is 23.1. The fourth-order valence-electron chi connectivity index (χ4n) is 11.2. The number of ether oxygens (including phenoxy) is 1. The van der Waals surface area contributed by atoms with Crippen molar-refractivity contribution in [3.63, 3.8) is 0 Å². The van der Waals surface area contributed by atoms with Crippen LogP contribution in [-0.4, -0.2) is 106 Å². The van der Waals surface area contributed by atoms with Gasteiger partial charge in [-0.25, -0.2) is 13.9 Å². The molecule has 3 amide bonds. The first-order valence-corrected chi connectivity index (χ1v) is 26.6. The molecule has 1 aromatic heterocycles. The summed E-state index contributed by atoms with van der Waals surface area (Å²) in [6, 6.07) is 22.1. The van der Waals surface area contributed by atoms with Gasteiger partial charge in [0, 0.05) is 40.8 Å². The quantitative estimate of drug-likeness (QED) is 0.0937. The largest absolute Gasteiger partial charge is 0.461 e. The van der Waals surface area contributed by atoms with Gasteiger partial charge in [-0.2, -0.15) is 0 Å². The zero-order valence-corrected chi connectivity index (χ0v) is 39.8. The number of amides is 3. The fourth-order valence-corrected chi connectivity index (χ4v) is 14.0. The summed E-state index contributed by atoms with van der Waals surface area (Å²) in [5, 5.41) is 6.24. The van der Waals surface area contributed by atoms with Crippen molar-refractivity contribution in [3.05, 3.63) is 101 Å². The van der Waals surface area contributed by atoms with Gasteiger partial charge >= 0.3 is 13.5 Å². The number of nitrogens with zero attached hydrogens (tertiary/aromatic N) is 3. The molecule has 3 saturated heterocycles. The molecule has 12 nitrogen and oxygen atoms in total. The summed E-state index contributed by atoms with van der Waals surface area (Å²) in [7, 11) is -2.45. The van der Waals surface area contributed by atoms with Gasteiger partial charge in [-0.15, -0.1) is 11.3 Å². The van der Waals surface area contributed by atoms with E-state index >= 15 is 4.39 Å². The zero-order chi connectivity index (χ0) is 46.6. The standard InChI is InChI=1S/C51H60F2N5O7PS/c1-31(50(62)64-40-14-9-15-40)55-66(63,65-41-12-7-4-8-13-41)46(53)33-16-21-44-34(24-33)25-45(67-44)47(59)54-42-19-17-37(56(2)39-26-36(52)27-39)28-38-18-20-43(58(38)48(42)60)49(61)57-30-35(29-51(57)22-23-51)32-10-5-3-6-11-32/h3-8,10-13,16,21,24-25,31,35-40,42-43,46H,9,14-15,17-20,22-23,26-30H2,1-2H3,(H,54,59)(H,55,63)/t31-,35+,36?,37-,38+,39?,42-,43-,46-,66+/m0/s1. The van der Waals surface area contributed by atoms with Crippen LogP contribution in [0, 0.1) is 0 Å². The maximum atomic E-state index is 16.8. The number of nitrogens with one attached hydrogen (secondary N) is 2. The molecule has 3 aliphatic carbocycles. The van der Waals surface area contributed by atoms with Crippen molar-refractivity contribution in [2.45, 2.75) is 156 Å². The molecule has 0 bridgehead atoms. The Hall–Kier alpha value is -4.69. The van der Waals surface area contributed by atoms with E-state index in [2.05, 4.69) is 32.3 Å². The first-order chi connectivity index (χ1) is 32.3. The lowest BCUT2D eigenvalue weighted by Crippen LogP contribution is -2.59. The maximum Gasteiger partial charge on any atom is 0.355 e. The van der Waals surface area contributed by atoms with Gasteiger partial charge in [-0.3, -0.25) is 23.7 Å². The number of carbonyl (C=O) groups excluding carboxylic acids is 4. The lowest BCUT2D eigenvalue weighted by Gasteiger charge is -2.45. The van der Waals surface area contributed by atoms with E-state index in [1.165, 1.54) is 36.0 Å². The number of halogens is 2. The van der Waals surface area contributed by atoms with Crippen LogP contribution >= 0.6 is 18.9 Å². The minimum Gasteiger partial charge on any atom is -0.461 e. The number of carbonyl (C=O) groups is 4. The summed E-state index contributed by atoms with van der Waals surface area (Å²) in [6.07, 6.45) is 8.01. The van der Waals surface area contributed by atoms with Crippen LogP contribution < -0.4 is 14.9 Å². The summed E-state index contributed by atoms with van der Waals surface area (Å²) in [4.78, 5) is 63.4. The second-order valence-electron chi connectivity index (χ2n) is 19.9. The molecule has 8 atom stereocenters. The average molecular weight is 956 g/mol. The predicted octanol–water partition coefficient (Wildman–Crippen LogP) is 9.21. The molecule has 3 aliphatic heterocycles. The molecule has 0 unspecified atom stereocenters. The molecule has 3 saturated carbocycles. The van der Waals surface area contributed by atoms with E-state index in [0.717, 1.165) is 38.5 Å². The number of hydrogen-bond acceptors (Lipinski definition) is 9. The predicted molar refractivity (Wildman–Crippen MR) is 252 cm³/mol. The molecule has 4 heterocycles. The normalized spacial score (nSPS) is 28.7. The van der Waals surface area contributed by atoms with Crippen molar-refractivity contribution >= 4 is 52.6 Å². The van der Waals surface area contributed by atoms with Crippen LogP contribution in [0.5, 0.6) is 5.75 Å². The lowest BCUT2D eigenvalue weighted by atomic mass is 9.86. The molecule has 16 heteroatoms. The van der Waals surface area contributed by atoms with Gasteiger partial charge in [0.05, 0.1) is 4.88 Å². The summed E-state index contributed by atoms with van der Waals surface area (Å²) < 4.78 is 57.5. The number of fused-ring (bicyclic) bond motifs is 2. The number of benzene rings is 3. The summed E-state index contributed by atoms with van der Waals surface area (Å²) >= 11 is 1.19. The van der Waals surface area contributed by atoms with Crippen LogP contribution in [0.1, 0.15) is 123 Å². The smallest absolute Gasteiger partial charge is 0.355 e. The minimum absolute atomic E-state index is 0.00921. The Morgan fingerprint density at radius 3 is 2.33 bits per heavy atom. The molecule has 10 rings (SSSR count). The Kier molecular flexibility index (Phi) is 12.8. The number of thiophene rings is 1. The van der Waals surface area contributed by atoms with E-state index in [0.29, 0.717) is 66.5 Å². The van der Waals surface area contributed by atoms with Crippen LogP contribution in [0.4, 0.5) is 8.78 Å². The molecule has 2 N–H and O–H groups in total. The van der Waals surface area contributed by atoms with Gasteiger partial charge in [0.1, 0.15) is 36.2 Å². The Bertz CT molecular complexity index is 2540. The first-order valence-electron chi connectivity index (χ1n) is 24.1. The number of alkyl halides is 2. The van der Waals surface area contributed by atoms with E-state index in [4.69, 9.17) is 9.26 Å². The van der Waals surface area contributed by atoms with Crippen molar-refractivity contribution in [1.29, 1.82) is 0 Å².